The molecule has 8 nitrogen and oxygen atoms in total. The number of halogens is 3. The highest BCUT2D eigenvalue weighted by Gasteiger charge is 2.32. The quantitative estimate of drug-likeness (QED) is 0.307. The van der Waals surface area contributed by atoms with Gasteiger partial charge in [0.15, 0.2) is 6.29 Å². The van der Waals surface area contributed by atoms with Crippen LogP contribution in [0.2, 0.25) is 0 Å². The molecule has 0 aliphatic carbocycles. The molecule has 38 heavy (non-hydrogen) atoms. The second-order valence-electron chi connectivity index (χ2n) is 8.86. The minimum Gasteiger partial charge on any atom is -0.378 e. The number of hydrogen-bond donors (Lipinski definition) is 3. The van der Waals surface area contributed by atoms with Crippen LogP contribution in [0.1, 0.15) is 27.9 Å². The zero-order valence-corrected chi connectivity index (χ0v) is 20.4. The van der Waals surface area contributed by atoms with Gasteiger partial charge in [-0.1, -0.05) is 24.3 Å². The molecule has 0 saturated carbocycles. The molecule has 1 saturated heterocycles. The maximum Gasteiger partial charge on any atom is 0.416 e. The van der Waals surface area contributed by atoms with Gasteiger partial charge in [-0.05, 0) is 47.5 Å². The van der Waals surface area contributed by atoms with Crippen LogP contribution in [0, 0.1) is 0 Å². The highest BCUT2D eigenvalue weighted by molar-refractivity contribution is 6.05. The van der Waals surface area contributed by atoms with E-state index in [1.165, 1.54) is 13.2 Å². The summed E-state index contributed by atoms with van der Waals surface area (Å²) in [5.74, 6) is -0.649. The van der Waals surface area contributed by atoms with Gasteiger partial charge in [-0.2, -0.15) is 18.3 Å². The number of methoxy groups -OCH3 is 1. The minimum atomic E-state index is -4.60. The molecule has 5 rings (SSSR count). The number of ether oxygens (including phenoxy) is 2. The third kappa shape index (κ3) is 5.35. The van der Waals surface area contributed by atoms with Gasteiger partial charge in [0.2, 0.25) is 0 Å². The summed E-state index contributed by atoms with van der Waals surface area (Å²) in [7, 11) is 1.38. The van der Waals surface area contributed by atoms with Crippen molar-refractivity contribution in [1.29, 1.82) is 0 Å². The van der Waals surface area contributed by atoms with Crippen molar-refractivity contribution in [2.24, 2.45) is 0 Å². The SMILES string of the molecule is COC(O)c1[nH]nc2cc(-c3cccc(NC(=O)c4cc(N5CCOCC5)cc(C(F)(F)F)c4)c3)ccc12. The van der Waals surface area contributed by atoms with Crippen LogP contribution in [-0.2, 0) is 15.7 Å². The standard InChI is InChI=1S/C27H25F3N4O4/c1-37-26(36)24-22-6-5-17(14-23(22)32-33-24)16-3-2-4-20(12-16)31-25(35)18-11-19(27(28,29)30)15-21(13-18)34-7-9-38-10-8-34/h2-6,11-15,26,36H,7-10H2,1H3,(H,31,35)(H,32,33). The van der Waals surface area contributed by atoms with Crippen LogP contribution in [-0.4, -0.2) is 54.6 Å². The van der Waals surface area contributed by atoms with Gasteiger partial charge in [0.05, 0.1) is 30.0 Å². The van der Waals surface area contributed by atoms with E-state index in [4.69, 9.17) is 9.47 Å². The highest BCUT2D eigenvalue weighted by atomic mass is 19.4. The number of nitrogens with one attached hydrogen (secondary N) is 2. The Labute approximate surface area is 216 Å². The van der Waals surface area contributed by atoms with Crippen LogP contribution >= 0.6 is 0 Å². The molecule has 4 aromatic rings. The van der Waals surface area contributed by atoms with Gasteiger partial charge in [0.25, 0.3) is 5.91 Å². The molecule has 1 aromatic heterocycles. The van der Waals surface area contributed by atoms with Crippen molar-refractivity contribution >= 4 is 28.2 Å². The molecule has 0 spiro atoms. The summed E-state index contributed by atoms with van der Waals surface area (Å²) < 4.78 is 51.1. The van der Waals surface area contributed by atoms with E-state index in [1.807, 2.05) is 18.2 Å². The summed E-state index contributed by atoms with van der Waals surface area (Å²) in [4.78, 5) is 14.9. The van der Waals surface area contributed by atoms with Crippen molar-refractivity contribution in [3.63, 3.8) is 0 Å². The van der Waals surface area contributed by atoms with Crippen LogP contribution in [0.25, 0.3) is 22.0 Å². The van der Waals surface area contributed by atoms with Crippen LogP contribution in [0.3, 0.4) is 0 Å². The average molecular weight is 527 g/mol. The number of benzene rings is 3. The molecule has 1 unspecified atom stereocenters. The number of hydrogen-bond acceptors (Lipinski definition) is 6. The van der Waals surface area contributed by atoms with Crippen molar-refractivity contribution in [1.82, 2.24) is 10.2 Å². The Morgan fingerprint density at radius 1 is 1.11 bits per heavy atom. The van der Waals surface area contributed by atoms with E-state index >= 15 is 0 Å². The Morgan fingerprint density at radius 2 is 1.87 bits per heavy atom. The van der Waals surface area contributed by atoms with Gasteiger partial charge in [-0.15, -0.1) is 0 Å². The predicted molar refractivity (Wildman–Crippen MR) is 136 cm³/mol. The molecule has 1 atom stereocenters. The number of rotatable bonds is 6. The number of nitrogens with zero attached hydrogens (tertiary/aromatic N) is 2. The number of aromatic amines is 1. The third-order valence-corrected chi connectivity index (χ3v) is 6.39. The Hall–Kier alpha value is -3.93. The second kappa shape index (κ2) is 10.4. The van der Waals surface area contributed by atoms with Crippen molar-refractivity contribution in [2.45, 2.75) is 12.5 Å². The first-order valence-corrected chi connectivity index (χ1v) is 11.9. The summed E-state index contributed by atoms with van der Waals surface area (Å²) in [6.45, 7) is 1.69. The highest BCUT2D eigenvalue weighted by Crippen LogP contribution is 2.34. The lowest BCUT2D eigenvalue weighted by atomic mass is 10.0. The first kappa shape index (κ1) is 25.7. The summed E-state index contributed by atoms with van der Waals surface area (Å²) in [6.07, 6.45) is -5.73. The number of alkyl halides is 3. The molecular weight excluding hydrogens is 501 g/mol. The molecule has 0 bridgehead atoms. The van der Waals surface area contributed by atoms with Gasteiger partial charge < -0.3 is 24.8 Å². The topological polar surface area (TPSA) is 99.7 Å². The van der Waals surface area contributed by atoms with Gasteiger partial charge in [0, 0.05) is 42.5 Å². The Morgan fingerprint density at radius 3 is 2.61 bits per heavy atom. The largest absolute Gasteiger partial charge is 0.416 e. The first-order chi connectivity index (χ1) is 18.2. The molecule has 2 heterocycles. The number of morpholine rings is 1. The first-order valence-electron chi connectivity index (χ1n) is 11.9. The van der Waals surface area contributed by atoms with Crippen molar-refractivity contribution < 1.29 is 32.5 Å². The number of aliphatic hydroxyl groups excluding tert-OH is 1. The fraction of sp³-hybridized carbons (Fsp3) is 0.259. The molecule has 1 aliphatic heterocycles. The molecule has 198 valence electrons. The smallest absolute Gasteiger partial charge is 0.378 e. The molecule has 1 aliphatic rings. The number of fused-ring (bicyclic) bond motifs is 1. The predicted octanol–water partition coefficient (Wildman–Crippen LogP) is 4.97. The molecule has 3 aromatic carbocycles. The summed E-state index contributed by atoms with van der Waals surface area (Å²) in [5, 5.41) is 20.4. The maximum atomic E-state index is 13.6. The normalized spacial score (nSPS) is 15.0. The molecule has 11 heteroatoms. The number of aliphatic hydroxyl groups is 1. The van der Waals surface area contributed by atoms with E-state index in [0.29, 0.717) is 54.3 Å². The van der Waals surface area contributed by atoms with Crippen LogP contribution in [0.4, 0.5) is 24.5 Å². The summed E-state index contributed by atoms with van der Waals surface area (Å²) in [6, 6.07) is 15.8. The third-order valence-electron chi connectivity index (χ3n) is 6.39. The second-order valence-corrected chi connectivity index (χ2v) is 8.86. The molecule has 3 N–H and O–H groups in total. The lowest BCUT2D eigenvalue weighted by molar-refractivity contribution is -0.137. The molecule has 0 radical (unpaired) electrons. The fourth-order valence-corrected chi connectivity index (χ4v) is 4.41. The fourth-order valence-electron chi connectivity index (χ4n) is 4.41. The van der Waals surface area contributed by atoms with Crippen molar-refractivity contribution in [3.8, 4) is 11.1 Å². The average Bonchev–Trinajstić information content (AvgIpc) is 3.36. The molecule has 1 fully saturated rings. The van der Waals surface area contributed by atoms with Crippen LogP contribution < -0.4 is 10.2 Å². The van der Waals surface area contributed by atoms with Gasteiger partial charge >= 0.3 is 6.18 Å². The lowest BCUT2D eigenvalue weighted by Gasteiger charge is -2.29. The monoisotopic (exact) mass is 526 g/mol. The van der Waals surface area contributed by atoms with E-state index in [2.05, 4.69) is 15.5 Å². The number of carbonyl (C=O) groups excluding carboxylic acids is 1. The Balaban J connectivity index is 1.41. The maximum absolute atomic E-state index is 13.6. The number of amides is 1. The van der Waals surface area contributed by atoms with Gasteiger partial charge in [0.1, 0.15) is 0 Å². The lowest BCUT2D eigenvalue weighted by Crippen LogP contribution is -2.36. The number of anilines is 2. The van der Waals surface area contributed by atoms with E-state index in [9.17, 15) is 23.1 Å². The van der Waals surface area contributed by atoms with Crippen LogP contribution in [0.5, 0.6) is 0 Å². The van der Waals surface area contributed by atoms with E-state index in [0.717, 1.165) is 23.3 Å². The van der Waals surface area contributed by atoms with Crippen LogP contribution in [0.15, 0.2) is 60.7 Å². The minimum absolute atomic E-state index is 0.0890. The Kier molecular flexibility index (Phi) is 7.06. The molecule has 1 amide bonds. The van der Waals surface area contributed by atoms with Gasteiger partial charge in [-0.25, -0.2) is 0 Å². The van der Waals surface area contributed by atoms with E-state index in [1.54, 1.807) is 29.2 Å². The number of carbonyl (C=O) groups is 1. The van der Waals surface area contributed by atoms with E-state index in [-0.39, 0.29) is 5.56 Å². The zero-order chi connectivity index (χ0) is 26.9. The van der Waals surface area contributed by atoms with Gasteiger partial charge in [-0.3, -0.25) is 9.89 Å². The number of aromatic nitrogens is 2. The summed E-state index contributed by atoms with van der Waals surface area (Å²) in [5.41, 5.74) is 2.39. The van der Waals surface area contributed by atoms with E-state index < -0.39 is 23.9 Å². The van der Waals surface area contributed by atoms with Crippen molar-refractivity contribution in [2.75, 3.05) is 43.6 Å². The Bertz CT molecular complexity index is 1460. The van der Waals surface area contributed by atoms with Crippen molar-refractivity contribution in [3.05, 3.63) is 77.5 Å². The number of H-pyrrole nitrogens is 1. The molecular formula is C27H25F3N4O4. The zero-order valence-electron chi connectivity index (χ0n) is 20.4. The summed E-state index contributed by atoms with van der Waals surface area (Å²) >= 11 is 0.